The fraction of sp³-hybridized carbons (Fsp3) is 0.235. The molecule has 1 heterocycles. The van der Waals surface area contributed by atoms with Gasteiger partial charge in [-0.05, 0) is 52.7 Å². The van der Waals surface area contributed by atoms with Crippen LogP contribution in [0.15, 0.2) is 36.4 Å². The maximum absolute atomic E-state index is 13.3. The molecule has 0 fully saturated rings. The highest BCUT2D eigenvalue weighted by atomic mass is 79.9. The molecule has 0 N–H and O–H groups in total. The Morgan fingerprint density at radius 3 is 2.78 bits per heavy atom. The van der Waals surface area contributed by atoms with Crippen LogP contribution in [-0.4, -0.2) is 17.1 Å². The van der Waals surface area contributed by atoms with Crippen molar-refractivity contribution in [1.82, 2.24) is 4.98 Å². The van der Waals surface area contributed by atoms with E-state index in [1.54, 1.807) is 13.2 Å². The van der Waals surface area contributed by atoms with E-state index in [1.165, 1.54) is 23.5 Å². The van der Waals surface area contributed by atoms with Crippen LogP contribution in [0.5, 0.6) is 11.5 Å². The van der Waals surface area contributed by atoms with Gasteiger partial charge in [0.1, 0.15) is 10.8 Å². The van der Waals surface area contributed by atoms with E-state index in [0.717, 1.165) is 21.7 Å². The van der Waals surface area contributed by atoms with Gasteiger partial charge in [0.15, 0.2) is 16.5 Å². The van der Waals surface area contributed by atoms with E-state index in [0.29, 0.717) is 17.0 Å². The van der Waals surface area contributed by atoms with Gasteiger partial charge in [0.25, 0.3) is 0 Å². The lowest BCUT2D eigenvalue weighted by Crippen LogP contribution is -2.07. The minimum atomic E-state index is -0.279. The van der Waals surface area contributed by atoms with Gasteiger partial charge >= 0.3 is 0 Å². The molecular formula is C17H15BrFNO2S. The van der Waals surface area contributed by atoms with E-state index in [1.807, 2.05) is 25.1 Å². The first kappa shape index (κ1) is 16.2. The van der Waals surface area contributed by atoms with Crippen molar-refractivity contribution < 1.29 is 13.9 Å². The predicted molar refractivity (Wildman–Crippen MR) is 95.2 cm³/mol. The summed E-state index contributed by atoms with van der Waals surface area (Å²) in [7, 11) is 1.61. The van der Waals surface area contributed by atoms with E-state index in [-0.39, 0.29) is 10.8 Å². The Balaban J connectivity index is 2.02. The summed E-state index contributed by atoms with van der Waals surface area (Å²) in [5, 5.41) is 0.733. The zero-order valence-corrected chi connectivity index (χ0v) is 15.1. The largest absolute Gasteiger partial charge is 0.493 e. The fourth-order valence-electron chi connectivity index (χ4n) is 2.15. The van der Waals surface area contributed by atoms with Gasteiger partial charge in [0.05, 0.1) is 17.3 Å². The molecule has 120 valence electrons. The molecule has 0 aliphatic rings. The van der Waals surface area contributed by atoms with Crippen molar-refractivity contribution in [3.05, 3.63) is 42.2 Å². The van der Waals surface area contributed by atoms with Gasteiger partial charge in [0, 0.05) is 11.6 Å². The number of fused-ring (bicyclic) bond motifs is 1. The molecule has 2 aromatic carbocycles. The lowest BCUT2D eigenvalue weighted by Gasteiger charge is -2.14. The molecule has 1 atom stereocenters. The number of nitrogens with zero attached hydrogens (tertiary/aromatic N) is 1. The molecule has 0 spiro atoms. The molecule has 1 aromatic heterocycles. The number of aromatic nitrogens is 1. The van der Waals surface area contributed by atoms with Gasteiger partial charge in [-0.2, -0.15) is 0 Å². The van der Waals surface area contributed by atoms with Crippen molar-refractivity contribution in [3.63, 3.8) is 0 Å². The number of hydrogen-bond acceptors (Lipinski definition) is 4. The van der Waals surface area contributed by atoms with Crippen LogP contribution in [0.25, 0.3) is 20.8 Å². The van der Waals surface area contributed by atoms with Gasteiger partial charge in [-0.3, -0.25) is 0 Å². The van der Waals surface area contributed by atoms with Crippen molar-refractivity contribution in [2.24, 2.45) is 0 Å². The standard InChI is InChI=1S/C17H15BrFNO2S/c1-3-16(18)22-14-8-10(4-6-13(14)21-2)17-20-12-9-11(19)5-7-15(12)23-17/h4-9,16H,3H2,1-2H3. The normalized spacial score (nSPS) is 12.3. The van der Waals surface area contributed by atoms with Crippen LogP contribution < -0.4 is 9.47 Å². The summed E-state index contributed by atoms with van der Waals surface area (Å²) in [5.74, 6) is 1.04. The molecule has 0 aliphatic carbocycles. The number of hydrogen-bond donors (Lipinski definition) is 0. The van der Waals surface area contributed by atoms with Gasteiger partial charge in [-0.15, -0.1) is 11.3 Å². The van der Waals surface area contributed by atoms with Crippen molar-refractivity contribution in [2.45, 2.75) is 18.4 Å². The summed E-state index contributed by atoms with van der Waals surface area (Å²) >= 11 is 4.98. The zero-order valence-electron chi connectivity index (χ0n) is 12.7. The predicted octanol–water partition coefficient (Wildman–Crippen LogP) is 5.62. The van der Waals surface area contributed by atoms with Crippen molar-refractivity contribution >= 4 is 37.5 Å². The van der Waals surface area contributed by atoms with Crippen LogP contribution in [0.3, 0.4) is 0 Å². The molecule has 23 heavy (non-hydrogen) atoms. The maximum Gasteiger partial charge on any atom is 0.163 e. The molecule has 1 unspecified atom stereocenters. The number of rotatable bonds is 5. The second-order valence-corrected chi connectivity index (χ2v) is 6.98. The number of ether oxygens (including phenoxy) is 2. The molecular weight excluding hydrogens is 381 g/mol. The average molecular weight is 396 g/mol. The third-order valence-electron chi connectivity index (χ3n) is 3.34. The molecule has 0 saturated carbocycles. The summed E-state index contributed by atoms with van der Waals surface area (Å²) in [4.78, 5) is 4.51. The second kappa shape index (κ2) is 6.84. The molecule has 6 heteroatoms. The summed E-state index contributed by atoms with van der Waals surface area (Å²) < 4.78 is 25.5. The molecule has 0 amide bonds. The summed E-state index contributed by atoms with van der Waals surface area (Å²) in [6.07, 6.45) is 0.827. The molecule has 0 saturated heterocycles. The first-order chi connectivity index (χ1) is 11.1. The molecule has 3 rings (SSSR count). The lowest BCUT2D eigenvalue weighted by molar-refractivity contribution is 0.272. The SMILES string of the molecule is CCC(Br)Oc1cc(-c2nc3cc(F)ccc3s2)ccc1OC. The highest BCUT2D eigenvalue weighted by Crippen LogP contribution is 2.37. The average Bonchev–Trinajstić information content (AvgIpc) is 2.97. The fourth-order valence-corrected chi connectivity index (χ4v) is 3.29. The monoisotopic (exact) mass is 395 g/mol. The van der Waals surface area contributed by atoms with Crippen molar-refractivity contribution in [2.75, 3.05) is 7.11 Å². The second-order valence-electron chi connectivity index (χ2n) is 4.93. The third kappa shape index (κ3) is 3.48. The number of methoxy groups -OCH3 is 1. The van der Waals surface area contributed by atoms with Crippen LogP contribution in [0, 0.1) is 5.82 Å². The summed E-state index contributed by atoms with van der Waals surface area (Å²) in [5.41, 5.74) is 1.58. The highest BCUT2D eigenvalue weighted by molar-refractivity contribution is 9.09. The number of halogens is 2. The van der Waals surface area contributed by atoms with Crippen LogP contribution >= 0.6 is 27.3 Å². The van der Waals surface area contributed by atoms with Crippen LogP contribution in [0.2, 0.25) is 0 Å². The quantitative estimate of drug-likeness (QED) is 0.525. The summed E-state index contributed by atoms with van der Waals surface area (Å²) in [6.45, 7) is 2.03. The van der Waals surface area contributed by atoms with Crippen LogP contribution in [-0.2, 0) is 0 Å². The van der Waals surface area contributed by atoms with Crippen molar-refractivity contribution in [3.8, 4) is 22.1 Å². The Labute approximate surface area is 146 Å². The minimum Gasteiger partial charge on any atom is -0.493 e. The molecule has 0 radical (unpaired) electrons. The first-order valence-electron chi connectivity index (χ1n) is 7.16. The third-order valence-corrected chi connectivity index (χ3v) is 5.26. The Kier molecular flexibility index (Phi) is 4.82. The lowest BCUT2D eigenvalue weighted by atomic mass is 10.2. The smallest absolute Gasteiger partial charge is 0.163 e. The van der Waals surface area contributed by atoms with Gasteiger partial charge in [0.2, 0.25) is 0 Å². The molecule has 0 aliphatic heterocycles. The Hall–Kier alpha value is -1.66. The van der Waals surface area contributed by atoms with E-state index in [9.17, 15) is 4.39 Å². The Morgan fingerprint density at radius 2 is 2.04 bits per heavy atom. The summed E-state index contributed by atoms with van der Waals surface area (Å²) in [6, 6.07) is 10.3. The first-order valence-corrected chi connectivity index (χ1v) is 8.89. The van der Waals surface area contributed by atoms with Gasteiger partial charge in [-0.25, -0.2) is 9.37 Å². The minimum absolute atomic E-state index is 0.0869. The molecule has 3 nitrogen and oxygen atoms in total. The molecule has 0 bridgehead atoms. The Morgan fingerprint density at radius 1 is 1.22 bits per heavy atom. The number of benzene rings is 2. The van der Waals surface area contributed by atoms with Crippen LogP contribution in [0.4, 0.5) is 4.39 Å². The van der Waals surface area contributed by atoms with E-state index >= 15 is 0 Å². The highest BCUT2D eigenvalue weighted by Gasteiger charge is 2.13. The zero-order chi connectivity index (χ0) is 16.4. The Bertz CT molecular complexity index is 837. The van der Waals surface area contributed by atoms with Crippen molar-refractivity contribution in [1.29, 1.82) is 0 Å². The number of thiazole rings is 1. The van der Waals surface area contributed by atoms with E-state index in [2.05, 4.69) is 20.9 Å². The van der Waals surface area contributed by atoms with Gasteiger partial charge < -0.3 is 9.47 Å². The maximum atomic E-state index is 13.3. The number of alkyl halides is 1. The van der Waals surface area contributed by atoms with Crippen LogP contribution in [0.1, 0.15) is 13.3 Å². The van der Waals surface area contributed by atoms with Gasteiger partial charge in [-0.1, -0.05) is 6.92 Å². The topological polar surface area (TPSA) is 31.4 Å². The molecule has 3 aromatic rings. The van der Waals surface area contributed by atoms with E-state index < -0.39 is 0 Å². The van der Waals surface area contributed by atoms with E-state index in [4.69, 9.17) is 9.47 Å².